The Kier molecular flexibility index (Phi) is 6.04. The minimum Gasteiger partial charge on any atom is -0.496 e. The lowest BCUT2D eigenvalue weighted by Gasteiger charge is -2.14. The van der Waals surface area contributed by atoms with Gasteiger partial charge in [-0.2, -0.15) is 0 Å². The van der Waals surface area contributed by atoms with E-state index in [9.17, 15) is 0 Å². The number of ether oxygens (including phenoxy) is 4. The second-order valence-corrected chi connectivity index (χ2v) is 6.20. The maximum Gasteiger partial charge on any atom is 0.203 e. The first-order valence-electron chi connectivity index (χ1n) is 8.87. The first-order valence-corrected chi connectivity index (χ1v) is 8.87. The Labute approximate surface area is 159 Å². The van der Waals surface area contributed by atoms with Crippen LogP contribution in [0.15, 0.2) is 48.5 Å². The zero-order valence-corrected chi connectivity index (χ0v) is 16.2. The maximum absolute atomic E-state index is 5.48. The second-order valence-electron chi connectivity index (χ2n) is 6.20. The zero-order chi connectivity index (χ0) is 19.2. The van der Waals surface area contributed by atoms with Gasteiger partial charge < -0.3 is 24.3 Å². The van der Waals surface area contributed by atoms with Crippen molar-refractivity contribution in [2.45, 2.75) is 13.1 Å². The molecule has 0 spiro atoms. The Morgan fingerprint density at radius 2 is 1.30 bits per heavy atom. The largest absolute Gasteiger partial charge is 0.496 e. The molecule has 0 bridgehead atoms. The van der Waals surface area contributed by atoms with Crippen molar-refractivity contribution in [2.75, 3.05) is 28.4 Å². The third-order valence-electron chi connectivity index (χ3n) is 4.66. The first kappa shape index (κ1) is 18.9. The molecule has 2 N–H and O–H groups in total. The Balaban J connectivity index is 1.78. The van der Waals surface area contributed by atoms with E-state index in [1.807, 2.05) is 24.3 Å². The van der Waals surface area contributed by atoms with Crippen LogP contribution in [0.4, 0.5) is 0 Å². The van der Waals surface area contributed by atoms with Gasteiger partial charge in [-0.1, -0.05) is 24.3 Å². The lowest BCUT2D eigenvalue weighted by Crippen LogP contribution is -2.80. The van der Waals surface area contributed by atoms with E-state index in [4.69, 9.17) is 18.9 Å². The van der Waals surface area contributed by atoms with Crippen LogP contribution in [0, 0.1) is 0 Å². The van der Waals surface area contributed by atoms with Gasteiger partial charge in [0.15, 0.2) is 11.5 Å². The predicted molar refractivity (Wildman–Crippen MR) is 106 cm³/mol. The molecule has 0 saturated carbocycles. The van der Waals surface area contributed by atoms with Gasteiger partial charge in [0.05, 0.1) is 28.4 Å². The van der Waals surface area contributed by atoms with Crippen LogP contribution in [0.25, 0.3) is 10.8 Å². The summed E-state index contributed by atoms with van der Waals surface area (Å²) < 4.78 is 21.7. The average Bonchev–Trinajstić information content (AvgIpc) is 2.72. The summed E-state index contributed by atoms with van der Waals surface area (Å²) in [7, 11) is 6.58. The van der Waals surface area contributed by atoms with E-state index in [2.05, 4.69) is 29.6 Å². The van der Waals surface area contributed by atoms with Crippen LogP contribution in [0.5, 0.6) is 23.0 Å². The highest BCUT2D eigenvalue weighted by Crippen LogP contribution is 2.38. The van der Waals surface area contributed by atoms with Crippen LogP contribution in [0.2, 0.25) is 0 Å². The van der Waals surface area contributed by atoms with Gasteiger partial charge in [0.25, 0.3) is 0 Å². The monoisotopic (exact) mass is 368 g/mol. The molecule has 0 aliphatic carbocycles. The smallest absolute Gasteiger partial charge is 0.203 e. The molecular weight excluding hydrogens is 342 g/mol. The molecule has 0 atom stereocenters. The average molecular weight is 368 g/mol. The highest BCUT2D eigenvalue weighted by atomic mass is 16.5. The van der Waals surface area contributed by atoms with Crippen molar-refractivity contribution < 1.29 is 24.3 Å². The summed E-state index contributed by atoms with van der Waals surface area (Å²) in [6.07, 6.45) is 0. The molecule has 0 fully saturated rings. The van der Waals surface area contributed by atoms with Crippen molar-refractivity contribution in [3.63, 3.8) is 0 Å². The van der Waals surface area contributed by atoms with Gasteiger partial charge in [-0.3, -0.25) is 0 Å². The Morgan fingerprint density at radius 1 is 0.667 bits per heavy atom. The molecule has 3 aromatic rings. The number of benzene rings is 3. The molecular formula is C22H26NO4+. The van der Waals surface area contributed by atoms with Crippen molar-refractivity contribution in [3.8, 4) is 23.0 Å². The molecule has 142 valence electrons. The van der Waals surface area contributed by atoms with E-state index in [1.165, 1.54) is 10.9 Å². The highest BCUT2D eigenvalue weighted by molar-refractivity contribution is 5.90. The zero-order valence-electron chi connectivity index (χ0n) is 16.2. The molecule has 3 rings (SSSR count). The fourth-order valence-corrected chi connectivity index (χ4v) is 3.34. The predicted octanol–water partition coefficient (Wildman–Crippen LogP) is 3.14. The first-order chi connectivity index (χ1) is 13.2. The van der Waals surface area contributed by atoms with E-state index in [0.717, 1.165) is 29.8 Å². The van der Waals surface area contributed by atoms with Crippen LogP contribution in [0.1, 0.15) is 11.1 Å². The van der Waals surface area contributed by atoms with Crippen molar-refractivity contribution in [1.82, 2.24) is 0 Å². The van der Waals surface area contributed by atoms with Crippen LogP contribution in [-0.4, -0.2) is 28.4 Å². The van der Waals surface area contributed by atoms with Crippen molar-refractivity contribution in [3.05, 3.63) is 59.7 Å². The van der Waals surface area contributed by atoms with Gasteiger partial charge >= 0.3 is 0 Å². The van der Waals surface area contributed by atoms with E-state index in [1.54, 1.807) is 28.4 Å². The molecule has 0 aromatic heterocycles. The van der Waals surface area contributed by atoms with E-state index >= 15 is 0 Å². The van der Waals surface area contributed by atoms with Crippen LogP contribution >= 0.6 is 0 Å². The fourth-order valence-electron chi connectivity index (χ4n) is 3.34. The standard InChI is InChI=1S/C22H25NO4/c1-24-19-10-9-16(17-7-5-6-8-18(17)19)14-23-13-15-11-20(25-2)22(27-4)21(12-15)26-3/h5-12,23H,13-14H2,1-4H3/p+1. The van der Waals surface area contributed by atoms with Gasteiger partial charge in [0, 0.05) is 16.5 Å². The van der Waals surface area contributed by atoms with Crippen molar-refractivity contribution in [2.24, 2.45) is 0 Å². The molecule has 0 saturated heterocycles. The number of hydrogen-bond acceptors (Lipinski definition) is 4. The Morgan fingerprint density at radius 3 is 1.89 bits per heavy atom. The lowest BCUT2D eigenvalue weighted by molar-refractivity contribution is -0.686. The molecule has 0 heterocycles. The number of methoxy groups -OCH3 is 4. The minimum atomic E-state index is 0.616. The molecule has 5 heteroatoms. The third kappa shape index (κ3) is 3.93. The quantitative estimate of drug-likeness (QED) is 0.664. The van der Waals surface area contributed by atoms with E-state index in [0.29, 0.717) is 17.2 Å². The van der Waals surface area contributed by atoms with E-state index in [-0.39, 0.29) is 0 Å². The summed E-state index contributed by atoms with van der Waals surface area (Å²) in [5, 5.41) is 4.62. The molecule has 27 heavy (non-hydrogen) atoms. The summed E-state index contributed by atoms with van der Waals surface area (Å²) in [6, 6.07) is 16.5. The number of hydrogen-bond donors (Lipinski definition) is 1. The van der Waals surface area contributed by atoms with Gasteiger partial charge in [0.2, 0.25) is 5.75 Å². The normalized spacial score (nSPS) is 10.7. The maximum atomic E-state index is 5.48. The Hall–Kier alpha value is -2.92. The number of rotatable bonds is 8. The molecule has 0 amide bonds. The summed E-state index contributed by atoms with van der Waals surface area (Å²) in [6.45, 7) is 1.66. The summed E-state index contributed by atoms with van der Waals surface area (Å²) in [5.41, 5.74) is 2.39. The fraction of sp³-hybridized carbons (Fsp3) is 0.273. The minimum absolute atomic E-state index is 0.616. The van der Waals surface area contributed by atoms with Crippen LogP contribution in [-0.2, 0) is 13.1 Å². The molecule has 3 aromatic carbocycles. The summed E-state index contributed by atoms with van der Waals surface area (Å²) >= 11 is 0. The number of fused-ring (bicyclic) bond motifs is 1. The summed E-state index contributed by atoms with van der Waals surface area (Å²) in [5.74, 6) is 2.87. The third-order valence-corrected chi connectivity index (χ3v) is 4.66. The Bertz CT molecular complexity index is 898. The van der Waals surface area contributed by atoms with Gasteiger partial charge in [-0.25, -0.2) is 0 Å². The van der Waals surface area contributed by atoms with Gasteiger partial charge in [-0.15, -0.1) is 0 Å². The lowest BCUT2D eigenvalue weighted by atomic mass is 10.0. The second kappa shape index (κ2) is 8.64. The van der Waals surface area contributed by atoms with E-state index < -0.39 is 0 Å². The SMILES string of the molecule is COc1cc(C[NH2+]Cc2ccc(OC)c3ccccc23)cc(OC)c1OC. The van der Waals surface area contributed by atoms with Gasteiger partial charge in [-0.05, 0) is 29.7 Å². The number of quaternary nitrogens is 1. The molecule has 0 radical (unpaired) electrons. The van der Waals surface area contributed by atoms with Crippen molar-refractivity contribution >= 4 is 10.8 Å². The molecule has 0 aliphatic rings. The molecule has 5 nitrogen and oxygen atoms in total. The van der Waals surface area contributed by atoms with Gasteiger partial charge in [0.1, 0.15) is 18.8 Å². The highest BCUT2D eigenvalue weighted by Gasteiger charge is 2.14. The molecule has 0 unspecified atom stereocenters. The molecule has 0 aliphatic heterocycles. The van der Waals surface area contributed by atoms with Crippen LogP contribution < -0.4 is 24.3 Å². The van der Waals surface area contributed by atoms with Crippen molar-refractivity contribution in [1.29, 1.82) is 0 Å². The topological polar surface area (TPSA) is 53.5 Å². The number of nitrogens with two attached hydrogens (primary N) is 1. The summed E-state index contributed by atoms with van der Waals surface area (Å²) in [4.78, 5) is 0. The van der Waals surface area contributed by atoms with Crippen LogP contribution in [0.3, 0.4) is 0 Å².